The highest BCUT2D eigenvalue weighted by Crippen LogP contribution is 2.40. The Morgan fingerprint density at radius 3 is 1.60 bits per heavy atom. The number of fused-ring (bicyclic) bond motifs is 2. The SMILES string of the molecule is c1ccc(-c2cc(-c3ccccc3)nc(-c3ccc(-c4c(-c5ccc(-c6cnc7ccccc7c6)cc5)ccc5ccccc45)cc3)n2)cc1. The van der Waals surface area contributed by atoms with E-state index in [1.54, 1.807) is 0 Å². The smallest absolute Gasteiger partial charge is 0.160 e. The highest BCUT2D eigenvalue weighted by Gasteiger charge is 2.15. The Hall–Kier alpha value is -6.71. The van der Waals surface area contributed by atoms with E-state index in [9.17, 15) is 0 Å². The molecule has 0 spiro atoms. The van der Waals surface area contributed by atoms with E-state index in [-0.39, 0.29) is 0 Å². The monoisotopic (exact) mass is 637 g/mol. The second kappa shape index (κ2) is 12.7. The zero-order valence-electron chi connectivity index (χ0n) is 27.2. The van der Waals surface area contributed by atoms with Crippen LogP contribution in [0.1, 0.15) is 0 Å². The molecule has 0 aliphatic heterocycles. The van der Waals surface area contributed by atoms with Crippen molar-refractivity contribution in [2.45, 2.75) is 0 Å². The largest absolute Gasteiger partial charge is 0.256 e. The summed E-state index contributed by atoms with van der Waals surface area (Å²) in [6, 6.07) is 63.8. The lowest BCUT2D eigenvalue weighted by molar-refractivity contribution is 1.18. The third-order valence-electron chi connectivity index (χ3n) is 9.35. The summed E-state index contributed by atoms with van der Waals surface area (Å²) >= 11 is 0. The fourth-order valence-electron chi connectivity index (χ4n) is 6.77. The molecular weight excluding hydrogens is 607 g/mol. The number of nitrogens with zero attached hydrogens (tertiary/aromatic N) is 3. The predicted molar refractivity (Wildman–Crippen MR) is 207 cm³/mol. The van der Waals surface area contributed by atoms with Crippen LogP contribution in [-0.2, 0) is 0 Å². The van der Waals surface area contributed by atoms with Crippen LogP contribution in [-0.4, -0.2) is 15.0 Å². The Balaban J connectivity index is 1.12. The summed E-state index contributed by atoms with van der Waals surface area (Å²) in [7, 11) is 0. The molecule has 0 radical (unpaired) electrons. The van der Waals surface area contributed by atoms with Crippen LogP contribution in [0.3, 0.4) is 0 Å². The van der Waals surface area contributed by atoms with Crippen LogP contribution in [0.25, 0.3) is 89.0 Å². The van der Waals surface area contributed by atoms with Gasteiger partial charge in [-0.15, -0.1) is 0 Å². The molecule has 3 nitrogen and oxygen atoms in total. The van der Waals surface area contributed by atoms with Crippen molar-refractivity contribution in [1.29, 1.82) is 0 Å². The van der Waals surface area contributed by atoms with Gasteiger partial charge >= 0.3 is 0 Å². The summed E-state index contributed by atoms with van der Waals surface area (Å²) in [5, 5.41) is 3.57. The van der Waals surface area contributed by atoms with Gasteiger partial charge in [0.05, 0.1) is 16.9 Å². The molecule has 3 heteroatoms. The zero-order chi connectivity index (χ0) is 33.3. The van der Waals surface area contributed by atoms with Gasteiger partial charge in [-0.25, -0.2) is 9.97 Å². The van der Waals surface area contributed by atoms with Crippen molar-refractivity contribution in [2.24, 2.45) is 0 Å². The lowest BCUT2D eigenvalue weighted by Gasteiger charge is -2.15. The van der Waals surface area contributed by atoms with Gasteiger partial charge in [0.15, 0.2) is 5.82 Å². The zero-order valence-corrected chi connectivity index (χ0v) is 27.2. The quantitative estimate of drug-likeness (QED) is 0.182. The summed E-state index contributed by atoms with van der Waals surface area (Å²) < 4.78 is 0. The van der Waals surface area contributed by atoms with E-state index < -0.39 is 0 Å². The number of hydrogen-bond donors (Lipinski definition) is 0. The fraction of sp³-hybridized carbons (Fsp3) is 0. The van der Waals surface area contributed by atoms with Crippen molar-refractivity contribution in [3.8, 4) is 67.3 Å². The maximum absolute atomic E-state index is 5.05. The maximum atomic E-state index is 5.05. The maximum Gasteiger partial charge on any atom is 0.160 e. The van der Waals surface area contributed by atoms with E-state index in [1.807, 2.05) is 54.7 Å². The van der Waals surface area contributed by atoms with Gasteiger partial charge in [-0.05, 0) is 56.8 Å². The first-order valence-corrected chi connectivity index (χ1v) is 16.8. The van der Waals surface area contributed by atoms with Crippen LogP contribution in [0.2, 0.25) is 0 Å². The predicted octanol–water partition coefficient (Wildman–Crippen LogP) is 12.2. The summed E-state index contributed by atoms with van der Waals surface area (Å²) in [5.41, 5.74) is 12.9. The van der Waals surface area contributed by atoms with Crippen molar-refractivity contribution < 1.29 is 0 Å². The standard InChI is InChI=1S/C47H31N3/c1-3-12-35(13-4-1)44-30-45(36-14-5-2-6-15-36)50-47(49-44)38-25-23-37(24-26-38)46-41-17-9-7-11-33(41)27-28-42(46)34-21-19-32(20-22-34)40-29-39-16-8-10-18-43(39)48-31-40/h1-31H. The molecular formula is C47H31N3. The summed E-state index contributed by atoms with van der Waals surface area (Å²) in [6.07, 6.45) is 1.96. The molecule has 50 heavy (non-hydrogen) atoms. The Labute approximate surface area is 291 Å². The molecule has 0 N–H and O–H groups in total. The molecule has 0 fully saturated rings. The number of para-hydroxylation sites is 1. The number of aromatic nitrogens is 3. The van der Waals surface area contributed by atoms with Gasteiger partial charge in [0.1, 0.15) is 0 Å². The van der Waals surface area contributed by atoms with Crippen LogP contribution in [0.15, 0.2) is 188 Å². The molecule has 2 aromatic heterocycles. The molecule has 7 aromatic carbocycles. The van der Waals surface area contributed by atoms with Crippen LogP contribution >= 0.6 is 0 Å². The summed E-state index contributed by atoms with van der Waals surface area (Å²) in [4.78, 5) is 14.8. The van der Waals surface area contributed by atoms with Gasteiger partial charge in [0.2, 0.25) is 0 Å². The minimum absolute atomic E-state index is 0.702. The Bertz CT molecular complexity index is 2550. The van der Waals surface area contributed by atoms with Crippen LogP contribution in [0.4, 0.5) is 0 Å². The van der Waals surface area contributed by atoms with E-state index in [0.29, 0.717) is 5.82 Å². The Morgan fingerprint density at radius 2 is 0.900 bits per heavy atom. The highest BCUT2D eigenvalue weighted by molar-refractivity contribution is 6.04. The van der Waals surface area contributed by atoms with Gasteiger partial charge in [-0.3, -0.25) is 4.98 Å². The van der Waals surface area contributed by atoms with Gasteiger partial charge in [-0.1, -0.05) is 164 Å². The topological polar surface area (TPSA) is 38.7 Å². The Kier molecular flexibility index (Phi) is 7.49. The number of pyridine rings is 1. The lowest BCUT2D eigenvalue weighted by atomic mass is 9.89. The van der Waals surface area contributed by atoms with Gasteiger partial charge < -0.3 is 0 Å². The molecule has 0 atom stereocenters. The van der Waals surface area contributed by atoms with E-state index in [0.717, 1.165) is 55.7 Å². The molecule has 2 heterocycles. The van der Waals surface area contributed by atoms with Gasteiger partial charge in [0, 0.05) is 33.8 Å². The molecule has 9 rings (SSSR count). The molecule has 234 valence electrons. The third kappa shape index (κ3) is 5.61. The first kappa shape index (κ1) is 29.4. The average molecular weight is 638 g/mol. The van der Waals surface area contributed by atoms with E-state index in [2.05, 4.69) is 138 Å². The van der Waals surface area contributed by atoms with Gasteiger partial charge in [-0.2, -0.15) is 0 Å². The van der Waals surface area contributed by atoms with E-state index >= 15 is 0 Å². The third-order valence-corrected chi connectivity index (χ3v) is 9.35. The van der Waals surface area contributed by atoms with Gasteiger partial charge in [0.25, 0.3) is 0 Å². The normalized spacial score (nSPS) is 11.2. The fourth-order valence-corrected chi connectivity index (χ4v) is 6.77. The van der Waals surface area contributed by atoms with Crippen LogP contribution in [0.5, 0.6) is 0 Å². The van der Waals surface area contributed by atoms with Crippen molar-refractivity contribution in [1.82, 2.24) is 15.0 Å². The first-order valence-electron chi connectivity index (χ1n) is 16.8. The summed E-state index contributed by atoms with van der Waals surface area (Å²) in [6.45, 7) is 0. The Morgan fingerprint density at radius 1 is 0.340 bits per heavy atom. The molecule has 0 aliphatic carbocycles. The highest BCUT2D eigenvalue weighted by atomic mass is 14.9. The molecule has 9 aromatic rings. The minimum Gasteiger partial charge on any atom is -0.256 e. The molecule has 0 aliphatic rings. The first-order chi connectivity index (χ1) is 24.8. The van der Waals surface area contributed by atoms with Crippen LogP contribution < -0.4 is 0 Å². The molecule has 0 amide bonds. The molecule has 0 bridgehead atoms. The second-order valence-electron chi connectivity index (χ2n) is 12.5. The van der Waals surface area contributed by atoms with E-state index in [4.69, 9.17) is 9.97 Å². The minimum atomic E-state index is 0.702. The van der Waals surface area contributed by atoms with E-state index in [1.165, 1.54) is 27.5 Å². The van der Waals surface area contributed by atoms with Crippen molar-refractivity contribution in [2.75, 3.05) is 0 Å². The number of benzene rings is 7. The summed E-state index contributed by atoms with van der Waals surface area (Å²) in [5.74, 6) is 0.702. The molecule has 0 unspecified atom stereocenters. The lowest BCUT2D eigenvalue weighted by Crippen LogP contribution is -1.96. The number of rotatable bonds is 6. The number of hydrogen-bond acceptors (Lipinski definition) is 3. The molecule has 0 saturated carbocycles. The van der Waals surface area contributed by atoms with Crippen molar-refractivity contribution in [3.63, 3.8) is 0 Å². The van der Waals surface area contributed by atoms with Crippen LogP contribution in [0, 0.1) is 0 Å². The average Bonchev–Trinajstić information content (AvgIpc) is 3.21. The van der Waals surface area contributed by atoms with Crippen molar-refractivity contribution >= 4 is 21.7 Å². The molecule has 0 saturated heterocycles. The second-order valence-corrected chi connectivity index (χ2v) is 12.5. The van der Waals surface area contributed by atoms with Crippen molar-refractivity contribution in [3.05, 3.63) is 188 Å².